The minimum atomic E-state index is -1.03. The van der Waals surface area contributed by atoms with Crippen LogP contribution in [0.25, 0.3) is 0 Å². The summed E-state index contributed by atoms with van der Waals surface area (Å²) in [5, 5.41) is 2.63. The lowest BCUT2D eigenvalue weighted by Gasteiger charge is -2.30. The molecule has 2 aromatic carbocycles. The molecule has 0 aliphatic carbocycles. The van der Waals surface area contributed by atoms with Crippen LogP contribution in [0.15, 0.2) is 58.0 Å². The molecule has 0 radical (unpaired) electrons. The van der Waals surface area contributed by atoms with Gasteiger partial charge in [0.2, 0.25) is 5.91 Å². The van der Waals surface area contributed by atoms with Gasteiger partial charge in [0.25, 0.3) is 5.91 Å². The molecule has 0 spiro atoms. The summed E-state index contributed by atoms with van der Waals surface area (Å²) in [4.78, 5) is 30.6. The van der Waals surface area contributed by atoms with E-state index in [1.54, 1.807) is 24.3 Å². The Bertz CT molecular complexity index is 880. The molecule has 0 aromatic heterocycles. The zero-order valence-corrected chi connectivity index (χ0v) is 15.7. The van der Waals surface area contributed by atoms with Crippen LogP contribution in [-0.4, -0.2) is 23.1 Å². The molecule has 3 rings (SSSR count). The molecular formula is C18H14BrN3O2S. The topological polar surface area (TPSA) is 61.8 Å². The molecule has 1 atom stereocenters. The molecule has 7 heteroatoms. The summed E-state index contributed by atoms with van der Waals surface area (Å²) >= 11 is 8.51. The molecule has 126 valence electrons. The summed E-state index contributed by atoms with van der Waals surface area (Å²) in [6.45, 7) is 1.95. The monoisotopic (exact) mass is 415 g/mol. The number of hydrogen-bond acceptors (Lipinski definition) is 4. The summed E-state index contributed by atoms with van der Waals surface area (Å²) in [6, 6.07) is 14.6. The minimum Gasteiger partial charge on any atom is -0.301 e. The van der Waals surface area contributed by atoms with E-state index in [2.05, 4.69) is 26.2 Å². The summed E-state index contributed by atoms with van der Waals surface area (Å²) in [5.74, 6) is -1.93. The molecule has 25 heavy (non-hydrogen) atoms. The smallest absolute Gasteiger partial charge is 0.251 e. The zero-order valence-electron chi connectivity index (χ0n) is 13.3. The highest BCUT2D eigenvalue weighted by atomic mass is 79.9. The molecule has 1 N–H and O–H groups in total. The normalized spacial score (nSPS) is 17.9. The number of anilines is 1. The van der Waals surface area contributed by atoms with E-state index in [-0.39, 0.29) is 5.11 Å². The predicted octanol–water partition coefficient (Wildman–Crippen LogP) is 3.52. The molecule has 5 nitrogen and oxygen atoms in total. The molecule has 2 amide bonds. The number of amides is 2. The molecule has 1 saturated heterocycles. The Morgan fingerprint density at radius 3 is 2.60 bits per heavy atom. The second kappa shape index (κ2) is 7.25. The fourth-order valence-electron chi connectivity index (χ4n) is 2.43. The van der Waals surface area contributed by atoms with Crippen molar-refractivity contribution in [2.75, 3.05) is 4.90 Å². The molecule has 1 heterocycles. The van der Waals surface area contributed by atoms with Gasteiger partial charge in [0.05, 0.1) is 11.4 Å². The number of nitrogens with zero attached hydrogens (tertiary/aromatic N) is 2. The Morgan fingerprint density at radius 2 is 1.92 bits per heavy atom. The Labute approximate surface area is 158 Å². The van der Waals surface area contributed by atoms with Crippen molar-refractivity contribution in [1.29, 1.82) is 0 Å². The predicted molar refractivity (Wildman–Crippen MR) is 105 cm³/mol. The first-order valence-electron chi connectivity index (χ1n) is 7.51. The second-order valence-corrected chi connectivity index (χ2v) is 6.84. The lowest BCUT2D eigenvalue weighted by molar-refractivity contribution is -0.130. The van der Waals surface area contributed by atoms with Crippen LogP contribution >= 0.6 is 28.1 Å². The summed E-state index contributed by atoms with van der Waals surface area (Å²) in [5.41, 5.74) is 2.32. The van der Waals surface area contributed by atoms with Gasteiger partial charge in [-0.1, -0.05) is 28.1 Å². The first-order chi connectivity index (χ1) is 12.0. The van der Waals surface area contributed by atoms with Gasteiger partial charge in [-0.15, -0.1) is 0 Å². The second-order valence-electron chi connectivity index (χ2n) is 5.54. The van der Waals surface area contributed by atoms with E-state index in [1.165, 1.54) is 11.1 Å². The lowest BCUT2D eigenvalue weighted by atomic mass is 10.1. The molecule has 1 aliphatic rings. The van der Waals surface area contributed by atoms with Crippen LogP contribution < -0.4 is 10.2 Å². The van der Waals surface area contributed by atoms with Gasteiger partial charge in [0, 0.05) is 10.7 Å². The van der Waals surface area contributed by atoms with E-state index in [0.717, 1.165) is 10.0 Å². The van der Waals surface area contributed by atoms with Gasteiger partial charge in [-0.3, -0.25) is 19.5 Å². The third kappa shape index (κ3) is 3.83. The van der Waals surface area contributed by atoms with Crippen LogP contribution in [0.5, 0.6) is 0 Å². The number of halogens is 1. The maximum atomic E-state index is 12.8. The van der Waals surface area contributed by atoms with Crippen molar-refractivity contribution in [3.05, 3.63) is 58.6 Å². The van der Waals surface area contributed by atoms with Crippen LogP contribution in [0.2, 0.25) is 0 Å². The maximum Gasteiger partial charge on any atom is 0.251 e. The van der Waals surface area contributed by atoms with Gasteiger partial charge in [-0.25, -0.2) is 0 Å². The highest BCUT2D eigenvalue weighted by Crippen LogP contribution is 2.23. The van der Waals surface area contributed by atoms with E-state index in [9.17, 15) is 9.59 Å². The lowest BCUT2D eigenvalue weighted by Crippen LogP contribution is -2.58. The fourth-order valence-corrected chi connectivity index (χ4v) is 2.99. The van der Waals surface area contributed by atoms with Crippen molar-refractivity contribution in [3.8, 4) is 0 Å². The van der Waals surface area contributed by atoms with Crippen LogP contribution in [0.4, 0.5) is 11.4 Å². The standard InChI is InChI=1S/C18H14BrN3O2S/c1-11-3-2-4-13(9-11)20-10-15-16(23)21-18(25)22(17(15)24)14-7-5-12(19)6-8-14/h2-10,15H,1H3,(H,21,23,25)/t15-/m1/s1. The third-order valence-corrected chi connectivity index (χ3v) is 4.47. The number of benzene rings is 2. The van der Waals surface area contributed by atoms with E-state index in [1.807, 2.05) is 31.2 Å². The SMILES string of the molecule is Cc1cccc(N=C[C@@H]2C(=O)NC(=S)N(c3ccc(Br)cc3)C2=O)c1. The zero-order chi connectivity index (χ0) is 18.0. The van der Waals surface area contributed by atoms with Crippen molar-refractivity contribution >= 4 is 62.7 Å². The summed E-state index contributed by atoms with van der Waals surface area (Å²) < 4.78 is 0.883. The molecule has 0 saturated carbocycles. The number of rotatable bonds is 3. The van der Waals surface area contributed by atoms with Gasteiger partial charge < -0.3 is 5.32 Å². The van der Waals surface area contributed by atoms with Crippen molar-refractivity contribution in [2.45, 2.75) is 6.92 Å². The molecule has 1 aliphatic heterocycles. The highest BCUT2D eigenvalue weighted by Gasteiger charge is 2.38. The van der Waals surface area contributed by atoms with E-state index in [4.69, 9.17) is 12.2 Å². The van der Waals surface area contributed by atoms with Crippen LogP contribution in [0.3, 0.4) is 0 Å². The molecular weight excluding hydrogens is 402 g/mol. The third-order valence-electron chi connectivity index (χ3n) is 3.66. The van der Waals surface area contributed by atoms with Gasteiger partial charge in [-0.2, -0.15) is 0 Å². The van der Waals surface area contributed by atoms with Crippen molar-refractivity contribution in [1.82, 2.24) is 5.32 Å². The van der Waals surface area contributed by atoms with Crippen LogP contribution in [0.1, 0.15) is 5.56 Å². The number of aliphatic imine (C=N–C) groups is 1. The number of carbonyl (C=O) groups is 2. The number of carbonyl (C=O) groups excluding carboxylic acids is 2. The van der Waals surface area contributed by atoms with Gasteiger partial charge in [0.15, 0.2) is 11.0 Å². The molecule has 2 aromatic rings. The highest BCUT2D eigenvalue weighted by molar-refractivity contribution is 9.10. The van der Waals surface area contributed by atoms with Gasteiger partial charge in [-0.05, 0) is 61.1 Å². The van der Waals surface area contributed by atoms with E-state index < -0.39 is 17.7 Å². The first kappa shape index (κ1) is 17.4. The van der Waals surface area contributed by atoms with Crippen LogP contribution in [0, 0.1) is 12.8 Å². The number of aryl methyl sites for hydroxylation is 1. The summed E-state index contributed by atoms with van der Waals surface area (Å²) in [7, 11) is 0. The van der Waals surface area contributed by atoms with Crippen molar-refractivity contribution in [3.63, 3.8) is 0 Å². The fraction of sp³-hybridized carbons (Fsp3) is 0.111. The van der Waals surface area contributed by atoms with Gasteiger partial charge >= 0.3 is 0 Å². The van der Waals surface area contributed by atoms with Crippen molar-refractivity contribution < 1.29 is 9.59 Å². The quantitative estimate of drug-likeness (QED) is 0.473. The largest absolute Gasteiger partial charge is 0.301 e. The number of hydrogen-bond donors (Lipinski definition) is 1. The van der Waals surface area contributed by atoms with Crippen LogP contribution in [-0.2, 0) is 9.59 Å². The Kier molecular flexibility index (Phi) is 5.06. The number of thiocarbonyl (C=S) groups is 1. The maximum absolute atomic E-state index is 12.8. The Hall–Kier alpha value is -2.38. The van der Waals surface area contributed by atoms with E-state index in [0.29, 0.717) is 11.4 Å². The molecule has 0 unspecified atom stereocenters. The Balaban J connectivity index is 1.89. The van der Waals surface area contributed by atoms with E-state index >= 15 is 0 Å². The average Bonchev–Trinajstić information content (AvgIpc) is 2.56. The van der Waals surface area contributed by atoms with Crippen molar-refractivity contribution in [2.24, 2.45) is 10.9 Å². The van der Waals surface area contributed by atoms with Gasteiger partial charge in [0.1, 0.15) is 0 Å². The molecule has 0 bridgehead atoms. The average molecular weight is 416 g/mol. The first-order valence-corrected chi connectivity index (χ1v) is 8.71. The molecule has 1 fully saturated rings. The number of nitrogens with one attached hydrogen (secondary N) is 1. The summed E-state index contributed by atoms with van der Waals surface area (Å²) in [6.07, 6.45) is 1.36. The minimum absolute atomic E-state index is 0.0672. The Morgan fingerprint density at radius 1 is 1.20 bits per heavy atom.